The molecule has 5 nitrogen and oxygen atoms in total. The van der Waals surface area contributed by atoms with Gasteiger partial charge in [-0.15, -0.1) is 0 Å². The Morgan fingerprint density at radius 1 is 1.03 bits per heavy atom. The van der Waals surface area contributed by atoms with E-state index in [2.05, 4.69) is 6.07 Å². The van der Waals surface area contributed by atoms with Crippen LogP contribution >= 0.6 is 0 Å². The highest BCUT2D eigenvalue weighted by atomic mass is 16.2. The number of rotatable bonds is 5. The Kier molecular flexibility index (Phi) is 6.32. The van der Waals surface area contributed by atoms with Crippen LogP contribution in [0.25, 0.3) is 0 Å². The van der Waals surface area contributed by atoms with Crippen molar-refractivity contribution in [2.45, 2.75) is 25.7 Å². The maximum atomic E-state index is 13.0. The van der Waals surface area contributed by atoms with Crippen molar-refractivity contribution in [1.82, 2.24) is 0 Å². The number of benzene rings is 3. The number of hydrogen-bond donors (Lipinski definition) is 0. The van der Waals surface area contributed by atoms with Crippen molar-refractivity contribution in [2.75, 3.05) is 23.4 Å². The molecule has 0 atom stereocenters. The molecule has 0 spiro atoms. The lowest BCUT2D eigenvalue weighted by atomic mass is 9.98. The molecule has 0 N–H and O–H groups in total. The van der Waals surface area contributed by atoms with Crippen molar-refractivity contribution in [2.24, 2.45) is 0 Å². The third-order valence-electron chi connectivity index (χ3n) is 5.90. The highest BCUT2D eigenvalue weighted by Gasteiger charge is 2.24. The summed E-state index contributed by atoms with van der Waals surface area (Å²) < 4.78 is 0. The van der Waals surface area contributed by atoms with E-state index in [1.165, 1.54) is 0 Å². The molecule has 4 rings (SSSR count). The molecule has 0 saturated heterocycles. The number of anilines is 2. The number of nitriles is 1. The largest absolute Gasteiger partial charge is 0.312 e. The zero-order valence-electron chi connectivity index (χ0n) is 18.1. The summed E-state index contributed by atoms with van der Waals surface area (Å²) in [5.74, 6) is 0.0130. The monoisotopic (exact) mass is 423 g/mol. The fourth-order valence-corrected chi connectivity index (χ4v) is 4.08. The van der Waals surface area contributed by atoms with Gasteiger partial charge in [0.25, 0.3) is 5.91 Å². The molecule has 0 radical (unpaired) electrons. The van der Waals surface area contributed by atoms with E-state index in [1.807, 2.05) is 65.6 Å². The first-order chi connectivity index (χ1) is 15.6. The van der Waals surface area contributed by atoms with Crippen LogP contribution in [0.5, 0.6) is 0 Å². The van der Waals surface area contributed by atoms with E-state index in [9.17, 15) is 9.59 Å². The molecule has 0 saturated carbocycles. The van der Waals surface area contributed by atoms with E-state index < -0.39 is 0 Å². The van der Waals surface area contributed by atoms with Crippen LogP contribution in [0.4, 0.5) is 11.4 Å². The molecule has 0 aromatic heterocycles. The molecule has 0 aliphatic carbocycles. The summed E-state index contributed by atoms with van der Waals surface area (Å²) in [6.07, 6.45) is 2.77. The van der Waals surface area contributed by atoms with E-state index >= 15 is 0 Å². The molecule has 0 unspecified atom stereocenters. The summed E-state index contributed by atoms with van der Waals surface area (Å²) in [7, 11) is 1.77. The summed E-state index contributed by atoms with van der Waals surface area (Å²) >= 11 is 0. The van der Waals surface area contributed by atoms with Gasteiger partial charge in [-0.25, -0.2) is 0 Å². The lowest BCUT2D eigenvalue weighted by Crippen LogP contribution is -2.36. The van der Waals surface area contributed by atoms with Crippen LogP contribution in [0.2, 0.25) is 0 Å². The van der Waals surface area contributed by atoms with E-state index in [-0.39, 0.29) is 11.8 Å². The highest BCUT2D eigenvalue weighted by Crippen LogP contribution is 2.29. The van der Waals surface area contributed by atoms with E-state index in [1.54, 1.807) is 24.1 Å². The molecular formula is C27H25N3O2. The van der Waals surface area contributed by atoms with Crippen LogP contribution in [0.15, 0.2) is 72.8 Å². The van der Waals surface area contributed by atoms with Gasteiger partial charge in [-0.1, -0.05) is 30.3 Å². The lowest BCUT2D eigenvalue weighted by Gasteiger charge is -2.30. The van der Waals surface area contributed by atoms with Crippen molar-refractivity contribution in [3.63, 3.8) is 0 Å². The normalized spacial score (nSPS) is 12.6. The maximum absolute atomic E-state index is 13.0. The van der Waals surface area contributed by atoms with Crippen LogP contribution in [-0.4, -0.2) is 25.4 Å². The second-order valence-corrected chi connectivity index (χ2v) is 8.00. The van der Waals surface area contributed by atoms with E-state index in [0.717, 1.165) is 35.3 Å². The molecule has 3 aromatic rings. The zero-order valence-corrected chi connectivity index (χ0v) is 18.1. The third kappa shape index (κ3) is 4.55. The van der Waals surface area contributed by atoms with Crippen LogP contribution in [-0.2, 0) is 17.6 Å². The number of carbonyl (C=O) groups excluding carboxylic acids is 2. The number of carbonyl (C=O) groups is 2. The van der Waals surface area contributed by atoms with Gasteiger partial charge in [-0.2, -0.15) is 5.26 Å². The summed E-state index contributed by atoms with van der Waals surface area (Å²) in [6.45, 7) is 0.691. The zero-order chi connectivity index (χ0) is 22.5. The van der Waals surface area contributed by atoms with E-state index in [0.29, 0.717) is 30.5 Å². The second kappa shape index (κ2) is 9.49. The number of nitrogens with zero attached hydrogens (tertiary/aromatic N) is 3. The molecule has 5 heteroatoms. The number of fused-ring (bicyclic) bond motifs is 1. The molecule has 1 aliphatic heterocycles. The number of amides is 2. The molecule has 3 aromatic carbocycles. The standard InChI is InChI=1S/C27H25N3O2/c1-29(24-7-3-2-4-8-24)27(32)23-14-15-25-22(18-23)6-5-17-30(25)26(31)16-13-20-9-11-21(19-28)12-10-20/h2-4,7-12,14-15,18H,5-6,13,16-17H2,1H3. The van der Waals surface area contributed by atoms with Gasteiger partial charge in [0.1, 0.15) is 0 Å². The van der Waals surface area contributed by atoms with Gasteiger partial charge in [-0.05, 0) is 72.9 Å². The third-order valence-corrected chi connectivity index (χ3v) is 5.90. The van der Waals surface area contributed by atoms with Gasteiger partial charge < -0.3 is 9.80 Å². The molecule has 0 bridgehead atoms. The smallest absolute Gasteiger partial charge is 0.258 e. The molecule has 160 valence electrons. The van der Waals surface area contributed by atoms with Crippen LogP contribution < -0.4 is 9.80 Å². The average Bonchev–Trinajstić information content (AvgIpc) is 2.86. The number of aryl methyl sites for hydroxylation is 2. The van der Waals surface area contributed by atoms with Crippen LogP contribution in [0.1, 0.15) is 39.9 Å². The van der Waals surface area contributed by atoms with Crippen LogP contribution in [0.3, 0.4) is 0 Å². The average molecular weight is 424 g/mol. The SMILES string of the molecule is CN(C(=O)c1ccc2c(c1)CCCN2C(=O)CCc1ccc(C#N)cc1)c1ccccc1. The van der Waals surface area contributed by atoms with Crippen molar-refractivity contribution in [1.29, 1.82) is 5.26 Å². The Morgan fingerprint density at radius 3 is 2.50 bits per heavy atom. The van der Waals surface area contributed by atoms with Gasteiger partial charge in [0.05, 0.1) is 11.6 Å². The Balaban J connectivity index is 1.47. The minimum atomic E-state index is -0.0664. The van der Waals surface area contributed by atoms with Gasteiger partial charge in [0.2, 0.25) is 5.91 Å². The summed E-state index contributed by atoms with van der Waals surface area (Å²) in [5.41, 5.74) is 5.07. The molecule has 2 amide bonds. The first-order valence-electron chi connectivity index (χ1n) is 10.8. The van der Waals surface area contributed by atoms with Gasteiger partial charge >= 0.3 is 0 Å². The minimum Gasteiger partial charge on any atom is -0.312 e. The molecule has 1 heterocycles. The van der Waals surface area contributed by atoms with Gasteiger partial charge in [0, 0.05) is 37.0 Å². The fourth-order valence-electron chi connectivity index (χ4n) is 4.08. The van der Waals surface area contributed by atoms with E-state index in [4.69, 9.17) is 5.26 Å². The van der Waals surface area contributed by atoms with Crippen LogP contribution in [0, 0.1) is 11.3 Å². The predicted molar refractivity (Wildman–Crippen MR) is 126 cm³/mol. The molecule has 32 heavy (non-hydrogen) atoms. The number of para-hydroxylation sites is 1. The summed E-state index contributed by atoms with van der Waals surface area (Å²) in [5, 5.41) is 8.92. The topological polar surface area (TPSA) is 64.4 Å². The van der Waals surface area contributed by atoms with Crippen molar-refractivity contribution in [3.05, 3.63) is 95.1 Å². The predicted octanol–water partition coefficient (Wildman–Crippen LogP) is 4.75. The maximum Gasteiger partial charge on any atom is 0.258 e. The lowest BCUT2D eigenvalue weighted by molar-refractivity contribution is -0.118. The first kappa shape index (κ1) is 21.3. The quantitative estimate of drug-likeness (QED) is 0.595. The Hall–Kier alpha value is -3.91. The summed E-state index contributed by atoms with van der Waals surface area (Å²) in [4.78, 5) is 29.4. The fraction of sp³-hybridized carbons (Fsp3) is 0.222. The van der Waals surface area contributed by atoms with Gasteiger partial charge in [-0.3, -0.25) is 9.59 Å². The van der Waals surface area contributed by atoms with Crippen molar-refractivity contribution >= 4 is 23.2 Å². The summed E-state index contributed by atoms with van der Waals surface area (Å²) in [6, 6.07) is 24.7. The highest BCUT2D eigenvalue weighted by molar-refractivity contribution is 6.06. The Labute approximate surface area is 188 Å². The molecule has 1 aliphatic rings. The van der Waals surface area contributed by atoms with Crippen molar-refractivity contribution < 1.29 is 9.59 Å². The van der Waals surface area contributed by atoms with Crippen molar-refractivity contribution in [3.8, 4) is 6.07 Å². The Morgan fingerprint density at radius 2 is 1.78 bits per heavy atom. The molecular weight excluding hydrogens is 398 g/mol. The Bertz CT molecular complexity index is 1160. The van der Waals surface area contributed by atoms with Gasteiger partial charge in [0.15, 0.2) is 0 Å². The first-order valence-corrected chi connectivity index (χ1v) is 10.8. The minimum absolute atomic E-state index is 0.0664. The number of hydrogen-bond acceptors (Lipinski definition) is 3. The second-order valence-electron chi connectivity index (χ2n) is 8.00. The molecule has 0 fully saturated rings.